The van der Waals surface area contributed by atoms with E-state index in [0.29, 0.717) is 12.8 Å². The van der Waals surface area contributed by atoms with E-state index < -0.39 is 18.5 Å². The van der Waals surface area contributed by atoms with Crippen LogP contribution in [0.2, 0.25) is 0 Å². The van der Waals surface area contributed by atoms with Gasteiger partial charge in [-0.05, 0) is 19.3 Å². The molecule has 0 aromatic rings. The fraction of sp³-hybridized carbons (Fsp3) is 0.977. The number of hydrogen-bond acceptors (Lipinski definition) is 5. The SMILES string of the molecule is CCCCCCCCCCCCCCCCCCN(CCCCCCCCCCCCCCCCCC)C(=O)COC1CCC(O)C(CO)O1. The normalized spacial score (nSPS) is 17.8. The van der Waals surface area contributed by atoms with E-state index in [1.807, 2.05) is 4.90 Å². The Balaban J connectivity index is 2.18. The van der Waals surface area contributed by atoms with E-state index >= 15 is 0 Å². The Bertz CT molecular complexity index is 670. The van der Waals surface area contributed by atoms with E-state index in [2.05, 4.69) is 13.8 Å². The van der Waals surface area contributed by atoms with Crippen LogP contribution in [0.5, 0.6) is 0 Å². The lowest BCUT2D eigenvalue weighted by molar-refractivity contribution is -0.229. The fourth-order valence-electron chi connectivity index (χ4n) is 7.45. The van der Waals surface area contributed by atoms with Gasteiger partial charge >= 0.3 is 0 Å². The van der Waals surface area contributed by atoms with Crippen LogP contribution in [0, 0.1) is 0 Å². The maximum absolute atomic E-state index is 13.2. The molecule has 3 unspecified atom stereocenters. The monoisotopic (exact) mass is 710 g/mol. The second kappa shape index (κ2) is 36.7. The molecule has 298 valence electrons. The Morgan fingerprint density at radius 2 is 0.860 bits per heavy atom. The Morgan fingerprint density at radius 3 is 1.18 bits per heavy atom. The molecule has 1 fully saturated rings. The zero-order chi connectivity index (χ0) is 36.2. The highest BCUT2D eigenvalue weighted by atomic mass is 16.7. The van der Waals surface area contributed by atoms with Crippen molar-refractivity contribution in [1.82, 2.24) is 4.90 Å². The third-order valence-electron chi connectivity index (χ3n) is 10.9. The van der Waals surface area contributed by atoms with Gasteiger partial charge in [-0.1, -0.05) is 206 Å². The highest BCUT2D eigenvalue weighted by Gasteiger charge is 2.30. The predicted octanol–water partition coefficient (Wildman–Crippen LogP) is 12.2. The summed E-state index contributed by atoms with van der Waals surface area (Å²) in [6.07, 6.45) is 42.5. The molecule has 1 aliphatic rings. The Hall–Kier alpha value is -0.690. The number of aliphatic hydroxyl groups excluding tert-OH is 2. The summed E-state index contributed by atoms with van der Waals surface area (Å²) in [6.45, 7) is 5.96. The lowest BCUT2D eigenvalue weighted by Crippen LogP contribution is -2.43. The number of carbonyl (C=O) groups excluding carboxylic acids is 1. The smallest absolute Gasteiger partial charge is 0.248 e. The van der Waals surface area contributed by atoms with Crippen molar-refractivity contribution >= 4 is 5.91 Å². The van der Waals surface area contributed by atoms with Crippen molar-refractivity contribution in [3.8, 4) is 0 Å². The highest BCUT2D eigenvalue weighted by molar-refractivity contribution is 5.77. The second-order valence-electron chi connectivity index (χ2n) is 15.7. The molecule has 3 atom stereocenters. The first kappa shape index (κ1) is 47.3. The number of carbonyl (C=O) groups is 1. The third-order valence-corrected chi connectivity index (χ3v) is 10.9. The molecular weight excluding hydrogens is 622 g/mol. The largest absolute Gasteiger partial charge is 0.394 e. The van der Waals surface area contributed by atoms with Gasteiger partial charge in [0.25, 0.3) is 0 Å². The molecule has 0 saturated carbocycles. The Morgan fingerprint density at radius 1 is 0.540 bits per heavy atom. The lowest BCUT2D eigenvalue weighted by atomic mass is 10.0. The predicted molar refractivity (Wildman–Crippen MR) is 213 cm³/mol. The minimum Gasteiger partial charge on any atom is -0.394 e. The average Bonchev–Trinajstić information content (AvgIpc) is 3.13. The van der Waals surface area contributed by atoms with E-state index in [-0.39, 0.29) is 19.1 Å². The zero-order valence-electron chi connectivity index (χ0n) is 33.7. The summed E-state index contributed by atoms with van der Waals surface area (Å²) in [6, 6.07) is 0. The van der Waals surface area contributed by atoms with Gasteiger partial charge in [-0.2, -0.15) is 0 Å². The summed E-state index contributed by atoms with van der Waals surface area (Å²) in [7, 11) is 0. The van der Waals surface area contributed by atoms with Crippen LogP contribution >= 0.6 is 0 Å². The van der Waals surface area contributed by atoms with Gasteiger partial charge in [0, 0.05) is 19.5 Å². The molecule has 6 heteroatoms. The van der Waals surface area contributed by atoms with Gasteiger partial charge in [0.05, 0.1) is 12.7 Å². The number of aliphatic hydroxyl groups is 2. The van der Waals surface area contributed by atoms with Crippen molar-refractivity contribution in [1.29, 1.82) is 0 Å². The molecule has 0 bridgehead atoms. The fourth-order valence-corrected chi connectivity index (χ4v) is 7.45. The van der Waals surface area contributed by atoms with Crippen LogP contribution in [0.1, 0.15) is 232 Å². The molecule has 1 amide bonds. The molecule has 0 aromatic heterocycles. The molecule has 1 aliphatic heterocycles. The Labute approximate surface area is 311 Å². The number of nitrogens with zero attached hydrogens (tertiary/aromatic N) is 1. The first-order valence-corrected chi connectivity index (χ1v) is 22.5. The molecule has 0 aliphatic carbocycles. The van der Waals surface area contributed by atoms with Crippen molar-refractivity contribution in [2.45, 2.75) is 251 Å². The molecular formula is C44H87NO5. The van der Waals surface area contributed by atoms with Gasteiger partial charge in [0.2, 0.25) is 5.91 Å². The molecule has 1 saturated heterocycles. The molecule has 1 heterocycles. The van der Waals surface area contributed by atoms with Crippen LogP contribution in [0.4, 0.5) is 0 Å². The standard InChI is InChI=1S/C44H87NO5/c1-3-5-7-9-11-13-15-17-19-21-23-25-27-29-31-33-37-45(43(48)40-49-44-36-35-41(47)42(39-46)50-44)38-34-32-30-28-26-24-22-20-18-16-14-12-10-8-6-4-2/h41-42,44,46-47H,3-40H2,1-2H3. The van der Waals surface area contributed by atoms with Crippen LogP contribution in [0.25, 0.3) is 0 Å². The molecule has 0 radical (unpaired) electrons. The topological polar surface area (TPSA) is 79.2 Å². The van der Waals surface area contributed by atoms with E-state index in [9.17, 15) is 15.0 Å². The lowest BCUT2D eigenvalue weighted by Gasteiger charge is -2.33. The summed E-state index contributed by atoms with van der Waals surface area (Å²) < 4.78 is 11.5. The number of unbranched alkanes of at least 4 members (excludes halogenated alkanes) is 30. The van der Waals surface area contributed by atoms with E-state index in [4.69, 9.17) is 9.47 Å². The van der Waals surface area contributed by atoms with E-state index in [0.717, 1.165) is 25.9 Å². The first-order chi connectivity index (χ1) is 24.6. The van der Waals surface area contributed by atoms with Crippen LogP contribution in [0.15, 0.2) is 0 Å². The maximum Gasteiger partial charge on any atom is 0.248 e. The van der Waals surface area contributed by atoms with Gasteiger partial charge in [-0.3, -0.25) is 4.79 Å². The van der Waals surface area contributed by atoms with E-state index in [1.54, 1.807) is 0 Å². The van der Waals surface area contributed by atoms with Crippen LogP contribution in [-0.4, -0.2) is 65.8 Å². The first-order valence-electron chi connectivity index (χ1n) is 22.5. The number of hydrogen-bond donors (Lipinski definition) is 2. The zero-order valence-corrected chi connectivity index (χ0v) is 33.7. The summed E-state index contributed by atoms with van der Waals surface area (Å²) in [4.78, 5) is 15.3. The van der Waals surface area contributed by atoms with Gasteiger partial charge < -0.3 is 24.6 Å². The molecule has 0 aromatic carbocycles. The summed E-state index contributed by atoms with van der Waals surface area (Å²) >= 11 is 0. The maximum atomic E-state index is 13.2. The molecule has 2 N–H and O–H groups in total. The van der Waals surface area contributed by atoms with Gasteiger partial charge in [-0.25, -0.2) is 0 Å². The molecule has 6 nitrogen and oxygen atoms in total. The summed E-state index contributed by atoms with van der Waals surface area (Å²) in [5.41, 5.74) is 0. The molecule has 0 spiro atoms. The van der Waals surface area contributed by atoms with Crippen molar-refractivity contribution in [3.05, 3.63) is 0 Å². The van der Waals surface area contributed by atoms with Crippen molar-refractivity contribution in [2.75, 3.05) is 26.3 Å². The second-order valence-corrected chi connectivity index (χ2v) is 15.7. The van der Waals surface area contributed by atoms with Gasteiger partial charge in [0.1, 0.15) is 12.7 Å². The number of amides is 1. The van der Waals surface area contributed by atoms with Crippen molar-refractivity contribution in [2.24, 2.45) is 0 Å². The van der Waals surface area contributed by atoms with Crippen LogP contribution in [0.3, 0.4) is 0 Å². The summed E-state index contributed by atoms with van der Waals surface area (Å²) in [5, 5.41) is 19.4. The van der Waals surface area contributed by atoms with Gasteiger partial charge in [-0.15, -0.1) is 0 Å². The van der Waals surface area contributed by atoms with Crippen LogP contribution < -0.4 is 0 Å². The quantitative estimate of drug-likeness (QED) is 0.0624. The van der Waals surface area contributed by atoms with Crippen molar-refractivity contribution < 1.29 is 24.5 Å². The Kier molecular flexibility index (Phi) is 34.7. The number of rotatable bonds is 38. The minimum absolute atomic E-state index is 0.0105. The highest BCUT2D eigenvalue weighted by Crippen LogP contribution is 2.21. The molecule has 50 heavy (non-hydrogen) atoms. The average molecular weight is 710 g/mol. The minimum atomic E-state index is -0.670. The molecule has 1 rings (SSSR count). The van der Waals surface area contributed by atoms with Crippen molar-refractivity contribution in [3.63, 3.8) is 0 Å². The number of ether oxygens (including phenoxy) is 2. The third kappa shape index (κ3) is 28.8. The van der Waals surface area contributed by atoms with Gasteiger partial charge in [0.15, 0.2) is 6.29 Å². The van der Waals surface area contributed by atoms with E-state index in [1.165, 1.54) is 193 Å². The van der Waals surface area contributed by atoms with Crippen LogP contribution in [-0.2, 0) is 14.3 Å². The summed E-state index contributed by atoms with van der Waals surface area (Å²) in [5.74, 6) is 0.0437.